The van der Waals surface area contributed by atoms with Crippen molar-refractivity contribution >= 4 is 21.7 Å². The molecule has 0 aliphatic heterocycles. The van der Waals surface area contributed by atoms with Crippen molar-refractivity contribution < 1.29 is 52.7 Å². The minimum atomic E-state index is -5.05. The van der Waals surface area contributed by atoms with Crippen molar-refractivity contribution in [2.24, 2.45) is 0 Å². The molecule has 0 amide bonds. The summed E-state index contributed by atoms with van der Waals surface area (Å²) in [4.78, 5) is 0. The molecule has 0 radical (unpaired) electrons. The maximum atomic E-state index is 14.3. The van der Waals surface area contributed by atoms with E-state index in [0.717, 1.165) is 72.2 Å². The predicted octanol–water partition coefficient (Wildman–Crippen LogP) is 18.5. The lowest BCUT2D eigenvalue weighted by Gasteiger charge is -2.23. The van der Waals surface area contributed by atoms with E-state index in [1.54, 1.807) is 72.8 Å². The number of halogens is 12. The van der Waals surface area contributed by atoms with Crippen molar-refractivity contribution in [2.45, 2.75) is 101 Å². The van der Waals surface area contributed by atoms with Gasteiger partial charge in [-0.25, -0.2) is 0 Å². The Labute approximate surface area is 395 Å². The second kappa shape index (κ2) is 19.5. The van der Waals surface area contributed by atoms with Crippen LogP contribution >= 0.6 is 0 Å². The Balaban J connectivity index is 1.22. The number of fused-ring (bicyclic) bond motifs is 2. The van der Waals surface area contributed by atoms with E-state index < -0.39 is 56.5 Å². The van der Waals surface area contributed by atoms with Crippen LogP contribution < -0.4 is 0 Å². The number of hydrogen-bond acceptors (Lipinski definition) is 0. The zero-order valence-corrected chi connectivity index (χ0v) is 39.2. The van der Waals surface area contributed by atoms with Gasteiger partial charge in [0.05, 0.1) is 22.3 Å². The lowest BCUT2D eigenvalue weighted by molar-refractivity contribution is -0.144. The zero-order valence-electron chi connectivity index (χ0n) is 37.8. The molecule has 0 N–H and O–H groups in total. The van der Waals surface area contributed by atoms with Crippen LogP contribution in [0.25, 0.3) is 56.7 Å². The molecule has 0 nitrogen and oxygen atoms in total. The molecule has 0 saturated heterocycles. The molecule has 6 aromatic carbocycles. The third kappa shape index (κ3) is 10.5. The monoisotopic (exact) mass is 976 g/mol. The first kappa shape index (κ1) is 49.6. The molecule has 2 unspecified atom stereocenters. The molecule has 0 fully saturated rings. The summed E-state index contributed by atoms with van der Waals surface area (Å²) in [5, 5.41) is 0. The molecule has 0 heterocycles. The van der Waals surface area contributed by atoms with Gasteiger partial charge in [0.1, 0.15) is 0 Å². The minimum Gasteiger partial charge on any atom is -0.166 e. The number of benzene rings is 6. The van der Waals surface area contributed by atoms with Gasteiger partial charge < -0.3 is 0 Å². The largest absolute Gasteiger partial charge is 0.416 e. The lowest BCUT2D eigenvalue weighted by atomic mass is 9.85. The van der Waals surface area contributed by atoms with E-state index in [4.69, 9.17) is 0 Å². The van der Waals surface area contributed by atoms with Crippen molar-refractivity contribution in [2.75, 3.05) is 0 Å². The number of alkyl halides is 12. The Hall–Kier alpha value is -5.82. The Kier molecular flexibility index (Phi) is 14.0. The highest BCUT2D eigenvalue weighted by Crippen LogP contribution is 2.53. The van der Waals surface area contributed by atoms with Crippen LogP contribution in [0, 0.1) is 0 Å². The molecule has 2 aliphatic rings. The molecule has 8 rings (SSSR count). The lowest BCUT2D eigenvalue weighted by Crippen LogP contribution is -2.11. The van der Waals surface area contributed by atoms with Crippen molar-refractivity contribution in [3.05, 3.63) is 177 Å². The number of rotatable bonds is 14. The minimum absolute atomic E-state index is 0.140. The van der Waals surface area contributed by atoms with Crippen molar-refractivity contribution in [1.29, 1.82) is 0 Å². The molecule has 0 bridgehead atoms. The van der Waals surface area contributed by atoms with Gasteiger partial charge in [-0.05, 0) is 129 Å². The topological polar surface area (TPSA) is 0 Å². The van der Waals surface area contributed by atoms with E-state index >= 15 is 0 Å². The fraction of sp³-hybridized carbons (Fsp3) is 0.286. The normalized spacial score (nSPS) is 16.3. The molecular formula is C56H48F12Si. The van der Waals surface area contributed by atoms with E-state index in [1.165, 1.54) is 0 Å². The average molecular weight is 977 g/mol. The quantitative estimate of drug-likeness (QED) is 0.0754. The Morgan fingerprint density at radius 1 is 0.406 bits per heavy atom. The third-order valence-corrected chi connectivity index (χ3v) is 15.4. The highest BCUT2D eigenvalue weighted by atomic mass is 28.2. The number of hydrogen-bond donors (Lipinski definition) is 0. The van der Waals surface area contributed by atoms with Gasteiger partial charge in [0, 0.05) is 21.4 Å². The van der Waals surface area contributed by atoms with E-state index in [0.29, 0.717) is 58.3 Å². The first-order valence-electron chi connectivity index (χ1n) is 23.1. The highest BCUT2D eigenvalue weighted by molar-refractivity contribution is 6.36. The van der Waals surface area contributed by atoms with Gasteiger partial charge >= 0.3 is 24.7 Å². The second-order valence-electron chi connectivity index (χ2n) is 18.0. The fourth-order valence-electron chi connectivity index (χ4n) is 10.2. The maximum Gasteiger partial charge on any atom is 0.416 e. The Bertz CT molecular complexity index is 2620. The molecule has 2 aliphatic carbocycles. The Morgan fingerprint density at radius 3 is 1.04 bits per heavy atom. The van der Waals surface area contributed by atoms with E-state index in [9.17, 15) is 52.7 Å². The van der Waals surface area contributed by atoms with Gasteiger partial charge in [-0.15, -0.1) is 0 Å². The summed E-state index contributed by atoms with van der Waals surface area (Å²) in [5.41, 5.74) is 1.70. The van der Waals surface area contributed by atoms with Gasteiger partial charge in [-0.1, -0.05) is 147 Å². The van der Waals surface area contributed by atoms with Crippen LogP contribution in [0.1, 0.15) is 109 Å². The smallest absolute Gasteiger partial charge is 0.166 e. The molecule has 0 saturated carbocycles. The van der Waals surface area contributed by atoms with Gasteiger partial charge in [0.15, 0.2) is 0 Å². The summed E-state index contributed by atoms with van der Waals surface area (Å²) < 4.78 is 172. The summed E-state index contributed by atoms with van der Waals surface area (Å²) in [6.07, 6.45) is -11.7. The average Bonchev–Trinajstić information content (AvgIpc) is 3.85. The van der Waals surface area contributed by atoms with Crippen LogP contribution in [0.3, 0.4) is 0 Å². The van der Waals surface area contributed by atoms with Gasteiger partial charge in [-0.3, -0.25) is 0 Å². The van der Waals surface area contributed by atoms with Crippen LogP contribution in [-0.4, -0.2) is 9.52 Å². The van der Waals surface area contributed by atoms with Crippen LogP contribution in [0.5, 0.6) is 0 Å². The van der Waals surface area contributed by atoms with Gasteiger partial charge in [0.2, 0.25) is 0 Å². The third-order valence-electron chi connectivity index (χ3n) is 13.4. The number of allylic oxidation sites excluding steroid dienone is 2. The summed E-state index contributed by atoms with van der Waals surface area (Å²) in [6, 6.07) is 29.9. The first-order valence-corrected chi connectivity index (χ1v) is 25.1. The van der Waals surface area contributed by atoms with Crippen LogP contribution in [0.15, 0.2) is 132 Å². The molecule has 69 heavy (non-hydrogen) atoms. The molecule has 0 aromatic heterocycles. The summed E-state index contributed by atoms with van der Waals surface area (Å²) >= 11 is 0. The number of unbranched alkanes of at least 4 members (excludes halogenated alkanes) is 2. The second-order valence-corrected chi connectivity index (χ2v) is 19.8. The molecule has 6 aromatic rings. The molecule has 13 heteroatoms. The fourth-order valence-corrected chi connectivity index (χ4v) is 12.6. The van der Waals surface area contributed by atoms with Crippen molar-refractivity contribution in [3.63, 3.8) is 0 Å². The van der Waals surface area contributed by atoms with Crippen LogP contribution in [0.2, 0.25) is 12.1 Å². The van der Waals surface area contributed by atoms with E-state index in [-0.39, 0.29) is 46.2 Å². The first-order chi connectivity index (χ1) is 32.7. The van der Waals surface area contributed by atoms with Crippen molar-refractivity contribution in [3.8, 4) is 44.5 Å². The molecular weight excluding hydrogens is 929 g/mol. The Morgan fingerprint density at radius 2 is 0.739 bits per heavy atom. The van der Waals surface area contributed by atoms with Crippen LogP contribution in [-0.2, 0) is 24.7 Å². The molecule has 2 atom stereocenters. The molecule has 360 valence electrons. The SMILES string of the molecule is CCCCC1=Cc2c(ccc(-c3ccccc3)c2-c2cc(C(F)(F)F)cc(C(F)(F)F)c2)C1C[SiH2]CC1C(CCCC)=Cc2c1ccc(-c1ccccc1)c2-c1cc(C(F)(F)F)cc(C(F)(F)F)c1. The summed E-state index contributed by atoms with van der Waals surface area (Å²) in [6.45, 7) is 4.07. The summed E-state index contributed by atoms with van der Waals surface area (Å²) in [7, 11) is -1.08. The van der Waals surface area contributed by atoms with E-state index in [1.807, 2.05) is 38.1 Å². The van der Waals surface area contributed by atoms with Crippen molar-refractivity contribution in [1.82, 2.24) is 0 Å². The standard InChI is InChI=1S/C56H48F12Si/c1-3-5-13-35-27-47-45(21-19-43(33-15-9-7-10-16-33)51(47)37-23-39(53(57,58)59)29-40(24-37)54(60,61)62)49(35)31-69-32-50-36(14-6-4-2)28-48-46(50)22-20-44(34-17-11-8-12-18-34)52(48)38-25-41(55(63,64)65)30-42(26-38)56(66,67)68/h7-12,15-30,49-50H,3-6,13-14,31-32,69H2,1-2H3. The predicted molar refractivity (Wildman–Crippen MR) is 253 cm³/mol. The van der Waals surface area contributed by atoms with Gasteiger partial charge in [0.25, 0.3) is 0 Å². The molecule has 0 spiro atoms. The highest BCUT2D eigenvalue weighted by Gasteiger charge is 2.40. The summed E-state index contributed by atoms with van der Waals surface area (Å²) in [5.74, 6) is -0.332. The van der Waals surface area contributed by atoms with Gasteiger partial charge in [-0.2, -0.15) is 52.7 Å². The zero-order chi connectivity index (χ0) is 49.5. The maximum absolute atomic E-state index is 14.3. The van der Waals surface area contributed by atoms with E-state index in [2.05, 4.69) is 0 Å². The van der Waals surface area contributed by atoms with Crippen LogP contribution in [0.4, 0.5) is 52.7 Å².